The highest BCUT2D eigenvalue weighted by atomic mass is 35.5. The number of hydrogen-bond acceptors (Lipinski definition) is 5. The third kappa shape index (κ3) is 4.78. The van der Waals surface area contributed by atoms with Gasteiger partial charge in [-0.1, -0.05) is 11.6 Å². The lowest BCUT2D eigenvalue weighted by Crippen LogP contribution is -2.27. The van der Waals surface area contributed by atoms with E-state index in [9.17, 15) is 9.59 Å². The predicted molar refractivity (Wildman–Crippen MR) is 123 cm³/mol. The Labute approximate surface area is 190 Å². The fraction of sp³-hybridized carbons (Fsp3) is 0.292. The zero-order chi connectivity index (χ0) is 22.7. The van der Waals surface area contributed by atoms with Crippen molar-refractivity contribution in [2.75, 3.05) is 12.4 Å². The standard InChI is InChI=1S/C24H24ClN3O4/c1-15-13-20(29)23(27-28(15)18-10-7-16(25)8-11-18)24(30)26-17-9-12-21(31-2)22(14-17)32-19-5-3-4-6-19/h7-14,19H,3-6H2,1-2H3,(H,26,30). The van der Waals surface area contributed by atoms with E-state index in [2.05, 4.69) is 10.4 Å². The van der Waals surface area contributed by atoms with Crippen molar-refractivity contribution in [2.24, 2.45) is 0 Å². The monoisotopic (exact) mass is 453 g/mol. The van der Waals surface area contributed by atoms with Crippen LogP contribution in [0.3, 0.4) is 0 Å². The maximum Gasteiger partial charge on any atom is 0.280 e. The van der Waals surface area contributed by atoms with Gasteiger partial charge in [-0.2, -0.15) is 5.10 Å². The second-order valence-electron chi connectivity index (χ2n) is 7.73. The Morgan fingerprint density at radius 1 is 1.09 bits per heavy atom. The number of carbonyl (C=O) groups is 1. The molecule has 2 aromatic carbocycles. The first-order chi connectivity index (χ1) is 15.4. The molecule has 3 aromatic rings. The molecule has 1 aromatic heterocycles. The van der Waals surface area contributed by atoms with Crippen molar-refractivity contribution in [1.29, 1.82) is 0 Å². The summed E-state index contributed by atoms with van der Waals surface area (Å²) in [5.74, 6) is 0.552. The van der Waals surface area contributed by atoms with Crippen LogP contribution in [0.2, 0.25) is 5.02 Å². The fourth-order valence-electron chi connectivity index (χ4n) is 3.77. The van der Waals surface area contributed by atoms with Crippen LogP contribution in [-0.4, -0.2) is 28.9 Å². The number of aromatic nitrogens is 2. The third-order valence-corrected chi connectivity index (χ3v) is 5.66. The quantitative estimate of drug-likeness (QED) is 0.581. The van der Waals surface area contributed by atoms with Crippen LogP contribution in [-0.2, 0) is 0 Å². The minimum atomic E-state index is -0.602. The van der Waals surface area contributed by atoms with E-state index in [1.54, 1.807) is 56.5 Å². The number of benzene rings is 2. The highest BCUT2D eigenvalue weighted by Crippen LogP contribution is 2.34. The van der Waals surface area contributed by atoms with Crippen LogP contribution < -0.4 is 20.2 Å². The highest BCUT2D eigenvalue weighted by molar-refractivity contribution is 6.30. The van der Waals surface area contributed by atoms with Crippen LogP contribution >= 0.6 is 11.6 Å². The van der Waals surface area contributed by atoms with Crippen molar-refractivity contribution in [1.82, 2.24) is 9.78 Å². The second-order valence-corrected chi connectivity index (χ2v) is 8.17. The molecule has 1 amide bonds. The zero-order valence-electron chi connectivity index (χ0n) is 17.9. The normalized spacial score (nSPS) is 13.7. The molecule has 1 aliphatic rings. The maximum atomic E-state index is 12.9. The molecule has 1 fully saturated rings. The molecule has 166 valence electrons. The summed E-state index contributed by atoms with van der Waals surface area (Å²) in [5.41, 5.74) is 1.12. The largest absolute Gasteiger partial charge is 0.493 e. The van der Waals surface area contributed by atoms with E-state index < -0.39 is 11.3 Å². The fourth-order valence-corrected chi connectivity index (χ4v) is 3.90. The molecule has 1 heterocycles. The van der Waals surface area contributed by atoms with Crippen molar-refractivity contribution >= 4 is 23.2 Å². The number of amides is 1. The summed E-state index contributed by atoms with van der Waals surface area (Å²) in [7, 11) is 1.57. The lowest BCUT2D eigenvalue weighted by atomic mass is 10.2. The molecular weight excluding hydrogens is 430 g/mol. The Morgan fingerprint density at radius 2 is 1.81 bits per heavy atom. The van der Waals surface area contributed by atoms with E-state index in [0.717, 1.165) is 25.7 Å². The zero-order valence-corrected chi connectivity index (χ0v) is 18.7. The van der Waals surface area contributed by atoms with Crippen LogP contribution in [0.4, 0.5) is 5.69 Å². The first kappa shape index (κ1) is 21.9. The van der Waals surface area contributed by atoms with Gasteiger partial charge in [0, 0.05) is 28.5 Å². The van der Waals surface area contributed by atoms with Crippen LogP contribution in [0.5, 0.6) is 11.5 Å². The van der Waals surface area contributed by atoms with Gasteiger partial charge in [0.2, 0.25) is 5.43 Å². The number of rotatable bonds is 6. The number of nitrogens with zero attached hydrogens (tertiary/aromatic N) is 2. The van der Waals surface area contributed by atoms with Crippen LogP contribution in [0.25, 0.3) is 5.69 Å². The van der Waals surface area contributed by atoms with Crippen LogP contribution in [0.15, 0.2) is 53.3 Å². The van der Waals surface area contributed by atoms with Gasteiger partial charge in [0.15, 0.2) is 17.2 Å². The van der Waals surface area contributed by atoms with Crippen LogP contribution in [0, 0.1) is 6.92 Å². The van der Waals surface area contributed by atoms with E-state index >= 15 is 0 Å². The predicted octanol–water partition coefficient (Wildman–Crippen LogP) is 4.78. The average molecular weight is 454 g/mol. The van der Waals surface area contributed by atoms with E-state index in [1.165, 1.54) is 10.7 Å². The molecule has 0 atom stereocenters. The first-order valence-corrected chi connectivity index (χ1v) is 10.9. The Kier molecular flexibility index (Phi) is 6.46. The summed E-state index contributed by atoms with van der Waals surface area (Å²) in [5, 5.41) is 7.64. The minimum Gasteiger partial charge on any atom is -0.493 e. The summed E-state index contributed by atoms with van der Waals surface area (Å²) in [6, 6.07) is 13.5. The van der Waals surface area contributed by atoms with Gasteiger partial charge in [0.05, 0.1) is 18.9 Å². The van der Waals surface area contributed by atoms with Crippen LogP contribution in [0.1, 0.15) is 41.9 Å². The third-order valence-electron chi connectivity index (χ3n) is 5.41. The van der Waals surface area contributed by atoms with Gasteiger partial charge in [-0.05, 0) is 69.0 Å². The number of ether oxygens (including phenoxy) is 2. The van der Waals surface area contributed by atoms with Gasteiger partial charge >= 0.3 is 0 Å². The summed E-state index contributed by atoms with van der Waals surface area (Å²) in [6.07, 6.45) is 4.42. The van der Waals surface area contributed by atoms with Gasteiger partial charge in [0.25, 0.3) is 5.91 Å². The van der Waals surface area contributed by atoms with E-state index in [-0.39, 0.29) is 11.8 Å². The molecule has 0 spiro atoms. The van der Waals surface area contributed by atoms with Crippen molar-refractivity contribution in [3.05, 3.63) is 75.2 Å². The van der Waals surface area contributed by atoms with E-state index in [4.69, 9.17) is 21.1 Å². The van der Waals surface area contributed by atoms with Crippen molar-refractivity contribution in [3.8, 4) is 17.2 Å². The average Bonchev–Trinajstić information content (AvgIpc) is 3.28. The molecular formula is C24H24ClN3O4. The molecule has 32 heavy (non-hydrogen) atoms. The van der Waals surface area contributed by atoms with Gasteiger partial charge < -0.3 is 14.8 Å². The molecule has 1 N–H and O–H groups in total. The highest BCUT2D eigenvalue weighted by Gasteiger charge is 2.20. The molecule has 0 radical (unpaired) electrons. The number of hydrogen-bond donors (Lipinski definition) is 1. The summed E-state index contributed by atoms with van der Waals surface area (Å²) < 4.78 is 13.0. The Hall–Kier alpha value is -3.32. The number of carbonyl (C=O) groups excluding carboxylic acids is 1. The lowest BCUT2D eigenvalue weighted by molar-refractivity contribution is 0.101. The number of methoxy groups -OCH3 is 1. The molecule has 8 heteroatoms. The Bertz CT molecular complexity index is 1180. The molecule has 0 bridgehead atoms. The Morgan fingerprint density at radius 3 is 2.50 bits per heavy atom. The summed E-state index contributed by atoms with van der Waals surface area (Å²) in [4.78, 5) is 25.4. The number of anilines is 1. The van der Waals surface area contributed by atoms with Gasteiger partial charge in [-0.3, -0.25) is 9.59 Å². The molecule has 4 rings (SSSR count). The molecule has 0 saturated heterocycles. The minimum absolute atomic E-state index is 0.139. The maximum absolute atomic E-state index is 12.9. The number of nitrogens with one attached hydrogen (secondary N) is 1. The Balaban J connectivity index is 1.60. The smallest absolute Gasteiger partial charge is 0.280 e. The van der Waals surface area contributed by atoms with Gasteiger partial charge in [-0.25, -0.2) is 4.68 Å². The van der Waals surface area contributed by atoms with Crippen molar-refractivity contribution in [2.45, 2.75) is 38.7 Å². The van der Waals surface area contributed by atoms with E-state index in [0.29, 0.717) is 33.6 Å². The number of halogens is 1. The molecule has 1 saturated carbocycles. The summed E-state index contributed by atoms with van der Waals surface area (Å²) in [6.45, 7) is 1.75. The van der Waals surface area contributed by atoms with Gasteiger partial charge in [-0.15, -0.1) is 0 Å². The second kappa shape index (κ2) is 9.44. The summed E-state index contributed by atoms with van der Waals surface area (Å²) >= 11 is 5.96. The van der Waals surface area contributed by atoms with Gasteiger partial charge in [0.1, 0.15) is 0 Å². The number of aryl methyl sites for hydroxylation is 1. The lowest BCUT2D eigenvalue weighted by Gasteiger charge is -2.17. The molecule has 0 unspecified atom stereocenters. The topological polar surface area (TPSA) is 82.5 Å². The van der Waals surface area contributed by atoms with E-state index in [1.807, 2.05) is 0 Å². The van der Waals surface area contributed by atoms with Crippen molar-refractivity contribution < 1.29 is 14.3 Å². The first-order valence-electron chi connectivity index (χ1n) is 10.5. The molecule has 1 aliphatic carbocycles. The molecule has 7 nitrogen and oxygen atoms in total. The molecule has 0 aliphatic heterocycles. The van der Waals surface area contributed by atoms with Crippen molar-refractivity contribution in [3.63, 3.8) is 0 Å². The SMILES string of the molecule is COc1ccc(NC(=O)c2nn(-c3ccc(Cl)cc3)c(C)cc2=O)cc1OC1CCCC1.